The third-order valence-electron chi connectivity index (χ3n) is 4.04. The Morgan fingerprint density at radius 3 is 2.68 bits per heavy atom. The number of benzene rings is 1. The summed E-state index contributed by atoms with van der Waals surface area (Å²) < 4.78 is 33.1. The predicted molar refractivity (Wildman–Crippen MR) is 89.6 cm³/mol. The summed E-state index contributed by atoms with van der Waals surface area (Å²) in [6.07, 6.45) is 2.00. The number of primary sulfonamides is 1. The molecule has 9 heteroatoms. The van der Waals surface area contributed by atoms with Gasteiger partial charge in [-0.05, 0) is 37.0 Å². The lowest BCUT2D eigenvalue weighted by Gasteiger charge is -2.30. The quantitative estimate of drug-likeness (QED) is 0.765. The summed E-state index contributed by atoms with van der Waals surface area (Å²) in [4.78, 5) is 25.6. The number of likely N-dealkylation sites (tertiary alicyclic amines) is 1. The number of piperidine rings is 1. The van der Waals surface area contributed by atoms with Crippen molar-refractivity contribution < 1.29 is 27.5 Å². The summed E-state index contributed by atoms with van der Waals surface area (Å²) in [5, 5.41) is 5.11. The van der Waals surface area contributed by atoms with E-state index in [2.05, 4.69) is 6.92 Å². The Morgan fingerprint density at radius 1 is 1.36 bits per heavy atom. The van der Waals surface area contributed by atoms with Gasteiger partial charge in [0.25, 0.3) is 5.91 Å². The summed E-state index contributed by atoms with van der Waals surface area (Å²) >= 11 is 0. The molecule has 0 radical (unpaired) electrons. The van der Waals surface area contributed by atoms with Crippen molar-refractivity contribution in [2.24, 2.45) is 11.1 Å². The highest BCUT2D eigenvalue weighted by Crippen LogP contribution is 2.24. The molecule has 138 valence electrons. The maximum Gasteiger partial charge on any atom is 0.338 e. The molecule has 1 unspecified atom stereocenters. The van der Waals surface area contributed by atoms with Gasteiger partial charge in [0, 0.05) is 13.1 Å². The molecule has 25 heavy (non-hydrogen) atoms. The number of sulfonamides is 1. The van der Waals surface area contributed by atoms with Crippen molar-refractivity contribution in [3.8, 4) is 5.75 Å². The Labute approximate surface area is 146 Å². The average Bonchev–Trinajstić information content (AvgIpc) is 2.58. The summed E-state index contributed by atoms with van der Waals surface area (Å²) in [6.45, 7) is 2.98. The summed E-state index contributed by atoms with van der Waals surface area (Å²) in [7, 11) is -2.77. The molecular formula is C16H22N2O6S. The highest BCUT2D eigenvalue weighted by Gasteiger charge is 2.23. The zero-order valence-electron chi connectivity index (χ0n) is 14.2. The van der Waals surface area contributed by atoms with Gasteiger partial charge in [0.15, 0.2) is 6.61 Å². The van der Waals surface area contributed by atoms with E-state index in [1.807, 2.05) is 0 Å². The first-order valence-corrected chi connectivity index (χ1v) is 9.42. The summed E-state index contributed by atoms with van der Waals surface area (Å²) in [5.74, 6) is -0.615. The molecular weight excluding hydrogens is 348 g/mol. The van der Waals surface area contributed by atoms with Crippen molar-refractivity contribution in [1.82, 2.24) is 4.90 Å². The van der Waals surface area contributed by atoms with Gasteiger partial charge in [0.05, 0.1) is 12.7 Å². The molecule has 1 aromatic carbocycles. The van der Waals surface area contributed by atoms with E-state index in [9.17, 15) is 18.0 Å². The number of amides is 1. The minimum Gasteiger partial charge on any atom is -0.495 e. The van der Waals surface area contributed by atoms with Crippen molar-refractivity contribution in [3.05, 3.63) is 23.8 Å². The maximum absolute atomic E-state index is 12.1. The first-order chi connectivity index (χ1) is 11.7. The number of nitrogens with two attached hydrogens (primary N) is 1. The molecule has 0 bridgehead atoms. The Kier molecular flexibility index (Phi) is 6.02. The predicted octanol–water partition coefficient (Wildman–Crippen LogP) is 0.758. The topological polar surface area (TPSA) is 116 Å². The van der Waals surface area contributed by atoms with E-state index in [0.29, 0.717) is 19.0 Å². The smallest absolute Gasteiger partial charge is 0.338 e. The summed E-state index contributed by atoms with van der Waals surface area (Å²) in [6, 6.07) is 3.73. The molecule has 0 aromatic heterocycles. The normalized spacial score (nSPS) is 17.9. The fourth-order valence-corrected chi connectivity index (χ4v) is 3.47. The monoisotopic (exact) mass is 370 g/mol. The lowest BCUT2D eigenvalue weighted by atomic mass is 10.0. The molecule has 1 fully saturated rings. The fraction of sp³-hybridized carbons (Fsp3) is 0.500. The minimum atomic E-state index is -4.06. The van der Waals surface area contributed by atoms with Gasteiger partial charge in [-0.25, -0.2) is 18.4 Å². The van der Waals surface area contributed by atoms with Crippen LogP contribution in [0.3, 0.4) is 0 Å². The third kappa shape index (κ3) is 4.93. The number of hydrogen-bond acceptors (Lipinski definition) is 6. The van der Waals surface area contributed by atoms with Crippen LogP contribution in [0.2, 0.25) is 0 Å². The van der Waals surface area contributed by atoms with Crippen molar-refractivity contribution in [2.45, 2.75) is 24.7 Å². The zero-order valence-corrected chi connectivity index (χ0v) is 15.0. The molecule has 1 aliphatic rings. The Bertz CT molecular complexity index is 762. The summed E-state index contributed by atoms with van der Waals surface area (Å²) in [5.41, 5.74) is -0.0235. The van der Waals surface area contributed by atoms with Crippen LogP contribution in [0.4, 0.5) is 0 Å². The zero-order chi connectivity index (χ0) is 18.6. The number of rotatable bonds is 5. The number of carbonyl (C=O) groups excluding carboxylic acids is 2. The van der Waals surface area contributed by atoms with Gasteiger partial charge in [-0.3, -0.25) is 4.79 Å². The molecule has 0 spiro atoms. The molecule has 0 saturated carbocycles. The van der Waals surface area contributed by atoms with Crippen LogP contribution < -0.4 is 9.88 Å². The fourth-order valence-electron chi connectivity index (χ4n) is 2.74. The van der Waals surface area contributed by atoms with Gasteiger partial charge in [-0.15, -0.1) is 0 Å². The molecule has 2 rings (SSSR count). The van der Waals surface area contributed by atoms with Crippen LogP contribution in [0.15, 0.2) is 23.1 Å². The number of carbonyl (C=O) groups is 2. The van der Waals surface area contributed by atoms with E-state index >= 15 is 0 Å². The second kappa shape index (κ2) is 7.83. The molecule has 0 aliphatic carbocycles. The minimum absolute atomic E-state index is 0.0235. The van der Waals surface area contributed by atoms with Crippen LogP contribution in [-0.4, -0.2) is 52.0 Å². The van der Waals surface area contributed by atoms with E-state index in [1.165, 1.54) is 19.2 Å². The highest BCUT2D eigenvalue weighted by molar-refractivity contribution is 7.89. The van der Waals surface area contributed by atoms with E-state index in [-0.39, 0.29) is 28.7 Å². The lowest BCUT2D eigenvalue weighted by Crippen LogP contribution is -2.41. The van der Waals surface area contributed by atoms with Crippen molar-refractivity contribution in [3.63, 3.8) is 0 Å². The van der Waals surface area contributed by atoms with Crippen LogP contribution >= 0.6 is 0 Å². The number of methoxy groups -OCH3 is 1. The Hall–Kier alpha value is -2.13. The number of hydrogen-bond donors (Lipinski definition) is 1. The van der Waals surface area contributed by atoms with Crippen LogP contribution in [0.25, 0.3) is 0 Å². The molecule has 1 atom stereocenters. The largest absolute Gasteiger partial charge is 0.495 e. The second-order valence-corrected chi connectivity index (χ2v) is 7.60. The third-order valence-corrected chi connectivity index (χ3v) is 4.97. The maximum atomic E-state index is 12.1. The Balaban J connectivity index is 2.04. The van der Waals surface area contributed by atoms with E-state index in [0.717, 1.165) is 18.9 Å². The molecule has 1 amide bonds. The van der Waals surface area contributed by atoms with Gasteiger partial charge >= 0.3 is 5.97 Å². The number of ether oxygens (including phenoxy) is 2. The van der Waals surface area contributed by atoms with Gasteiger partial charge in [0.2, 0.25) is 10.0 Å². The number of esters is 1. The van der Waals surface area contributed by atoms with Crippen LogP contribution in [-0.2, 0) is 19.6 Å². The average molecular weight is 370 g/mol. The van der Waals surface area contributed by atoms with Crippen molar-refractivity contribution in [1.29, 1.82) is 0 Å². The van der Waals surface area contributed by atoms with Gasteiger partial charge in [0.1, 0.15) is 10.6 Å². The molecule has 1 heterocycles. The first kappa shape index (κ1) is 19.2. The van der Waals surface area contributed by atoms with Gasteiger partial charge < -0.3 is 14.4 Å². The van der Waals surface area contributed by atoms with Crippen molar-refractivity contribution >= 4 is 21.9 Å². The SMILES string of the molecule is COc1ccc(C(=O)OCC(=O)N2CCCC(C)C2)cc1S(N)(=O)=O. The number of nitrogens with zero attached hydrogens (tertiary/aromatic N) is 1. The Morgan fingerprint density at radius 2 is 2.08 bits per heavy atom. The van der Waals surface area contributed by atoms with Crippen LogP contribution in [0, 0.1) is 5.92 Å². The van der Waals surface area contributed by atoms with Gasteiger partial charge in [-0.1, -0.05) is 6.92 Å². The van der Waals surface area contributed by atoms with E-state index in [1.54, 1.807) is 4.90 Å². The van der Waals surface area contributed by atoms with E-state index in [4.69, 9.17) is 14.6 Å². The molecule has 1 saturated heterocycles. The second-order valence-electron chi connectivity index (χ2n) is 6.07. The van der Waals surface area contributed by atoms with Crippen LogP contribution in [0.1, 0.15) is 30.1 Å². The van der Waals surface area contributed by atoms with Gasteiger partial charge in [-0.2, -0.15) is 0 Å². The lowest BCUT2D eigenvalue weighted by molar-refractivity contribution is -0.136. The first-order valence-electron chi connectivity index (χ1n) is 7.88. The van der Waals surface area contributed by atoms with E-state index < -0.39 is 16.0 Å². The molecule has 1 aliphatic heterocycles. The molecule has 2 N–H and O–H groups in total. The van der Waals surface area contributed by atoms with Crippen molar-refractivity contribution in [2.75, 3.05) is 26.8 Å². The molecule has 1 aromatic rings. The standard InChI is InChI=1S/C16H22N2O6S/c1-11-4-3-7-18(9-11)15(19)10-24-16(20)12-5-6-13(23-2)14(8-12)25(17,21)22/h5-6,8,11H,3-4,7,9-10H2,1-2H3,(H2,17,21,22). The van der Waals surface area contributed by atoms with Crippen LogP contribution in [0.5, 0.6) is 5.75 Å². The molecule has 8 nitrogen and oxygen atoms in total. The highest BCUT2D eigenvalue weighted by atomic mass is 32.2.